The van der Waals surface area contributed by atoms with Gasteiger partial charge in [0, 0.05) is 6.92 Å². The van der Waals surface area contributed by atoms with Crippen LogP contribution in [0.25, 0.3) is 0 Å². The number of halogens is 1. The first kappa shape index (κ1) is 14.0. The van der Waals surface area contributed by atoms with Gasteiger partial charge in [-0.3, -0.25) is 4.70 Å². The fraction of sp³-hybridized carbons (Fsp3) is 0.143. The second kappa shape index (κ2) is 6.02. The minimum atomic E-state index is -1.69. The summed E-state index contributed by atoms with van der Waals surface area (Å²) in [5.41, 5.74) is 0. The summed E-state index contributed by atoms with van der Waals surface area (Å²) in [5, 5.41) is 9.98. The van der Waals surface area contributed by atoms with Crippen LogP contribution in [-0.4, -0.2) is 11.1 Å². The largest absolute Gasteiger partial charge is 0.430 e. The lowest BCUT2D eigenvalue weighted by Gasteiger charge is -2.25. The van der Waals surface area contributed by atoms with E-state index in [1.54, 1.807) is 24.3 Å². The van der Waals surface area contributed by atoms with Crippen LogP contribution in [0.3, 0.4) is 0 Å². The van der Waals surface area contributed by atoms with E-state index in [2.05, 4.69) is 0 Å². The van der Waals surface area contributed by atoms with E-state index >= 15 is 0 Å². The van der Waals surface area contributed by atoms with Crippen molar-refractivity contribution in [2.75, 3.05) is 0 Å². The molecule has 0 aliphatic rings. The maximum absolute atomic E-state index is 9.98. The van der Waals surface area contributed by atoms with Crippen molar-refractivity contribution in [1.82, 2.24) is 0 Å². The molecule has 2 rings (SSSR count). The maximum Gasteiger partial charge on any atom is 0.366 e. The molecule has 0 radical (unpaired) electrons. The number of hydrogen-bond acceptors (Lipinski definition) is 3. The highest BCUT2D eigenvalue weighted by Gasteiger charge is 2.24. The van der Waals surface area contributed by atoms with Gasteiger partial charge in [0.25, 0.3) is 0 Å². The normalized spacial score (nSPS) is 10.3. The number of hydrogen-bond donors (Lipinski definition) is 1. The third-order valence-corrected chi connectivity index (χ3v) is 2.10. The molecule has 0 aromatic heterocycles. The molecule has 0 unspecified atom stereocenters. The van der Waals surface area contributed by atoms with Crippen molar-refractivity contribution < 1.29 is 19.3 Å². The van der Waals surface area contributed by atoms with Gasteiger partial charge in [-0.2, -0.15) is 0 Å². The minimum Gasteiger partial charge on any atom is -0.430 e. The summed E-state index contributed by atoms with van der Waals surface area (Å²) < 4.78 is 10.7. The molecule has 2 aromatic carbocycles. The molecule has 96 valence electrons. The monoisotopic (exact) mass is 250 g/mol. The maximum atomic E-state index is 9.98. The highest BCUT2D eigenvalue weighted by Crippen LogP contribution is 2.20. The first-order valence-electron chi connectivity index (χ1n) is 5.36. The van der Waals surface area contributed by atoms with Crippen LogP contribution in [0, 0.1) is 0 Å². The molecule has 0 amide bonds. The van der Waals surface area contributed by atoms with Gasteiger partial charge in [0.05, 0.1) is 0 Å². The minimum absolute atomic E-state index is 0. The molecule has 1 N–H and O–H groups in total. The van der Waals surface area contributed by atoms with Gasteiger partial charge in [-0.1, -0.05) is 36.4 Å². The summed E-state index contributed by atoms with van der Waals surface area (Å²) in [6.45, 7) is 1.45. The number of ether oxygens (including phenoxy) is 2. The molecule has 3 nitrogen and oxygen atoms in total. The first-order chi connectivity index (χ1) is 8.16. The predicted octanol–water partition coefficient (Wildman–Crippen LogP) is 2.96. The third-order valence-electron chi connectivity index (χ3n) is 2.10. The molecule has 0 heterocycles. The third kappa shape index (κ3) is 4.07. The highest BCUT2D eigenvalue weighted by atomic mass is 19.0. The Balaban J connectivity index is 0.00000162. The molecule has 0 aliphatic heterocycles. The van der Waals surface area contributed by atoms with Crippen molar-refractivity contribution in [1.29, 1.82) is 0 Å². The zero-order chi connectivity index (χ0) is 12.1. The smallest absolute Gasteiger partial charge is 0.366 e. The van der Waals surface area contributed by atoms with Crippen LogP contribution in [0.4, 0.5) is 4.70 Å². The Labute approximate surface area is 105 Å². The van der Waals surface area contributed by atoms with Gasteiger partial charge < -0.3 is 14.6 Å². The van der Waals surface area contributed by atoms with E-state index in [1.807, 2.05) is 36.4 Å². The van der Waals surface area contributed by atoms with Crippen LogP contribution in [-0.2, 0) is 0 Å². The molecule has 0 bridgehead atoms. The van der Waals surface area contributed by atoms with Gasteiger partial charge in [-0.15, -0.1) is 0 Å². The number of benzene rings is 2. The van der Waals surface area contributed by atoms with Crippen LogP contribution < -0.4 is 9.47 Å². The van der Waals surface area contributed by atoms with Gasteiger partial charge in [0.2, 0.25) is 0 Å². The van der Waals surface area contributed by atoms with Gasteiger partial charge in [0.1, 0.15) is 11.5 Å². The van der Waals surface area contributed by atoms with Crippen LogP contribution in [0.2, 0.25) is 0 Å². The number of para-hydroxylation sites is 2. The zero-order valence-corrected chi connectivity index (χ0v) is 9.95. The van der Waals surface area contributed by atoms with Crippen molar-refractivity contribution in [2.24, 2.45) is 0 Å². The lowest BCUT2D eigenvalue weighted by molar-refractivity contribution is -0.258. The van der Waals surface area contributed by atoms with E-state index in [1.165, 1.54) is 6.92 Å². The van der Waals surface area contributed by atoms with E-state index in [-0.39, 0.29) is 4.70 Å². The quantitative estimate of drug-likeness (QED) is 0.848. The lowest BCUT2D eigenvalue weighted by Crippen LogP contribution is -2.38. The SMILES string of the molecule is CC(O)(Oc1ccccc1)Oc1ccccc1.F. The van der Waals surface area contributed by atoms with Gasteiger partial charge in [-0.05, 0) is 24.3 Å². The van der Waals surface area contributed by atoms with Gasteiger partial charge in [0.15, 0.2) is 0 Å². The van der Waals surface area contributed by atoms with Crippen molar-refractivity contribution in [3.63, 3.8) is 0 Å². The predicted molar refractivity (Wildman–Crippen MR) is 67.3 cm³/mol. The molecule has 4 heteroatoms. The second-order valence-corrected chi connectivity index (χ2v) is 3.73. The molecule has 2 aromatic rings. The Kier molecular flexibility index (Phi) is 4.68. The molecule has 0 spiro atoms. The molecular weight excluding hydrogens is 235 g/mol. The Morgan fingerprint density at radius 3 is 1.44 bits per heavy atom. The van der Waals surface area contributed by atoms with E-state index in [0.29, 0.717) is 11.5 Å². The summed E-state index contributed by atoms with van der Waals surface area (Å²) in [7, 11) is 0. The van der Waals surface area contributed by atoms with Crippen LogP contribution in [0.15, 0.2) is 60.7 Å². The molecule has 0 aliphatic carbocycles. The molecule has 18 heavy (non-hydrogen) atoms. The summed E-state index contributed by atoms with van der Waals surface area (Å²) in [4.78, 5) is 0. The average Bonchev–Trinajstić information content (AvgIpc) is 2.30. The Bertz CT molecular complexity index is 413. The van der Waals surface area contributed by atoms with Crippen molar-refractivity contribution in [3.05, 3.63) is 60.7 Å². The van der Waals surface area contributed by atoms with Crippen LogP contribution in [0.5, 0.6) is 11.5 Å². The second-order valence-electron chi connectivity index (χ2n) is 3.73. The Hall–Kier alpha value is -2.07. The van der Waals surface area contributed by atoms with Gasteiger partial charge in [-0.25, -0.2) is 0 Å². The van der Waals surface area contributed by atoms with Crippen molar-refractivity contribution in [3.8, 4) is 11.5 Å². The summed E-state index contributed by atoms with van der Waals surface area (Å²) in [5.74, 6) is -0.593. The van der Waals surface area contributed by atoms with E-state index < -0.39 is 5.97 Å². The van der Waals surface area contributed by atoms with Crippen molar-refractivity contribution in [2.45, 2.75) is 12.9 Å². The Morgan fingerprint density at radius 2 is 1.11 bits per heavy atom. The van der Waals surface area contributed by atoms with Gasteiger partial charge >= 0.3 is 5.97 Å². The molecule has 0 atom stereocenters. The zero-order valence-electron chi connectivity index (χ0n) is 9.95. The molecular formula is C14H15FO3. The lowest BCUT2D eigenvalue weighted by atomic mass is 10.3. The van der Waals surface area contributed by atoms with Crippen molar-refractivity contribution >= 4 is 0 Å². The highest BCUT2D eigenvalue weighted by molar-refractivity contribution is 5.23. The average molecular weight is 250 g/mol. The van der Waals surface area contributed by atoms with E-state index in [4.69, 9.17) is 9.47 Å². The molecule has 0 fully saturated rings. The number of rotatable bonds is 4. The summed E-state index contributed by atoms with van der Waals surface area (Å²) >= 11 is 0. The van der Waals surface area contributed by atoms with E-state index in [0.717, 1.165) is 0 Å². The fourth-order valence-corrected chi connectivity index (χ4v) is 1.44. The standard InChI is InChI=1S/C14H14O3.FH/c1-14(15,16-12-8-4-2-5-9-12)17-13-10-6-3-7-11-13;/h2-11,15H,1H3;1H. The topological polar surface area (TPSA) is 38.7 Å². The van der Waals surface area contributed by atoms with Crippen LogP contribution in [0.1, 0.15) is 6.92 Å². The first-order valence-corrected chi connectivity index (χ1v) is 5.36. The molecule has 0 saturated carbocycles. The summed E-state index contributed by atoms with van der Waals surface area (Å²) in [6, 6.07) is 18.1. The number of aliphatic hydroxyl groups is 1. The van der Waals surface area contributed by atoms with E-state index in [9.17, 15) is 5.11 Å². The molecule has 0 saturated heterocycles. The summed E-state index contributed by atoms with van der Waals surface area (Å²) in [6.07, 6.45) is 0. The fourth-order valence-electron chi connectivity index (χ4n) is 1.44. The Morgan fingerprint density at radius 1 is 0.778 bits per heavy atom. The van der Waals surface area contributed by atoms with Crippen LogP contribution >= 0.6 is 0 Å².